The third kappa shape index (κ3) is 19.1. The van der Waals surface area contributed by atoms with Crippen LogP contribution in [0.1, 0.15) is 20.8 Å². The second-order valence-electron chi connectivity index (χ2n) is 8.12. The van der Waals surface area contributed by atoms with Crippen LogP contribution in [-0.2, 0) is 66.8 Å². The van der Waals surface area contributed by atoms with E-state index in [4.69, 9.17) is 4.74 Å². The Morgan fingerprint density at radius 3 is 1.77 bits per heavy atom. The number of likely N-dealkylation sites (N-methyl/N-ethyl adjacent to an activating group) is 1. The minimum absolute atomic E-state index is 0.429. The number of rotatable bonds is 14. The van der Waals surface area contributed by atoms with E-state index in [9.17, 15) is 38.4 Å². The summed E-state index contributed by atoms with van der Waals surface area (Å²) in [5, 5.41) is 2.19. The molecule has 0 aromatic rings. The fraction of sp³-hybridized carbons (Fsp3) is 0.478. The zero-order valence-electron chi connectivity index (χ0n) is 22.0. The van der Waals surface area contributed by atoms with Crippen LogP contribution in [0.15, 0.2) is 24.3 Å². The number of hydrogen-bond acceptors (Lipinski definition) is 14. The highest BCUT2D eigenvalue weighted by atomic mass is 16.7. The highest BCUT2D eigenvalue weighted by molar-refractivity contribution is 5.93. The van der Waals surface area contributed by atoms with E-state index in [1.54, 1.807) is 20.8 Å². The van der Waals surface area contributed by atoms with Gasteiger partial charge in [-0.05, 0) is 20.8 Å². The van der Waals surface area contributed by atoms with Crippen LogP contribution in [0.5, 0.6) is 0 Å². The number of hydrogen-bond donors (Lipinski definition) is 1. The molecule has 216 valence electrons. The summed E-state index contributed by atoms with van der Waals surface area (Å²) >= 11 is 0. The van der Waals surface area contributed by atoms with E-state index in [1.165, 1.54) is 7.05 Å². The Hall–Kier alpha value is -4.76. The molecule has 0 unspecified atom stereocenters. The van der Waals surface area contributed by atoms with E-state index in [0.29, 0.717) is 12.2 Å². The van der Waals surface area contributed by atoms with Crippen molar-refractivity contribution in [3.63, 3.8) is 0 Å². The predicted octanol–water partition coefficient (Wildman–Crippen LogP) is -1.68. The number of carbonyl (C=O) groups excluding carboxylic acids is 8. The SMILES string of the molecule is COC(=O)/C=C/C(=O)OCC(=O)N(C)CC(=O)OCOC(=O)/C=C/C(=O)OCC(=O)NCC(=O)OC(C)(C)C. The highest BCUT2D eigenvalue weighted by Gasteiger charge is 2.18. The van der Waals surface area contributed by atoms with Crippen LogP contribution in [-0.4, -0.2) is 105 Å². The van der Waals surface area contributed by atoms with Gasteiger partial charge in [-0.25, -0.2) is 19.2 Å². The van der Waals surface area contributed by atoms with Crippen LogP contribution in [0.3, 0.4) is 0 Å². The summed E-state index contributed by atoms with van der Waals surface area (Å²) in [4.78, 5) is 92.9. The number of ether oxygens (including phenoxy) is 6. The van der Waals surface area contributed by atoms with Crippen LogP contribution < -0.4 is 5.32 Å². The van der Waals surface area contributed by atoms with Gasteiger partial charge in [0, 0.05) is 31.4 Å². The number of methoxy groups -OCH3 is 1. The quantitative estimate of drug-likeness (QED) is 0.109. The number of esters is 6. The normalized spacial score (nSPS) is 10.8. The van der Waals surface area contributed by atoms with Gasteiger partial charge in [0.15, 0.2) is 13.2 Å². The lowest BCUT2D eigenvalue weighted by Crippen LogP contribution is -2.36. The predicted molar refractivity (Wildman–Crippen MR) is 126 cm³/mol. The summed E-state index contributed by atoms with van der Waals surface area (Å²) in [5.74, 6) is -7.17. The molecule has 0 saturated heterocycles. The van der Waals surface area contributed by atoms with Crippen molar-refractivity contribution in [3.8, 4) is 0 Å². The van der Waals surface area contributed by atoms with Crippen LogP contribution >= 0.6 is 0 Å². The van der Waals surface area contributed by atoms with Crippen LogP contribution in [0.25, 0.3) is 0 Å². The molecule has 0 aliphatic heterocycles. The molecule has 0 rings (SSSR count). The average molecular weight is 558 g/mol. The Kier molecular flexibility index (Phi) is 15.5. The second kappa shape index (κ2) is 17.7. The van der Waals surface area contributed by atoms with Crippen molar-refractivity contribution in [2.45, 2.75) is 26.4 Å². The van der Waals surface area contributed by atoms with E-state index in [2.05, 4.69) is 29.0 Å². The molecule has 0 aromatic carbocycles. The third-order valence-electron chi connectivity index (χ3n) is 3.66. The Morgan fingerprint density at radius 2 is 1.23 bits per heavy atom. The van der Waals surface area contributed by atoms with E-state index in [1.807, 2.05) is 0 Å². The second-order valence-corrected chi connectivity index (χ2v) is 8.12. The van der Waals surface area contributed by atoms with Gasteiger partial charge in [0.05, 0.1) is 7.11 Å². The first kappa shape index (κ1) is 34.2. The summed E-state index contributed by atoms with van der Waals surface area (Å²) in [5.41, 5.74) is -0.729. The molecular weight excluding hydrogens is 528 g/mol. The van der Waals surface area contributed by atoms with E-state index >= 15 is 0 Å². The van der Waals surface area contributed by atoms with E-state index < -0.39 is 86.3 Å². The Balaban J connectivity index is 4.19. The molecule has 0 heterocycles. The van der Waals surface area contributed by atoms with Gasteiger partial charge in [0.2, 0.25) is 6.79 Å². The zero-order chi connectivity index (χ0) is 30.0. The maximum atomic E-state index is 11.9. The van der Waals surface area contributed by atoms with Gasteiger partial charge in [0.25, 0.3) is 11.8 Å². The van der Waals surface area contributed by atoms with Crippen molar-refractivity contribution in [2.75, 3.05) is 47.3 Å². The molecule has 2 amide bonds. The molecule has 0 saturated carbocycles. The first-order valence-corrected chi connectivity index (χ1v) is 11.0. The molecule has 0 spiro atoms. The molecule has 1 N–H and O–H groups in total. The maximum absolute atomic E-state index is 11.9. The molecule has 0 radical (unpaired) electrons. The molecular formula is C23H30N2O14. The summed E-state index contributed by atoms with van der Waals surface area (Å²) < 4.78 is 27.6. The van der Waals surface area contributed by atoms with Gasteiger partial charge < -0.3 is 38.6 Å². The van der Waals surface area contributed by atoms with E-state index in [-0.39, 0.29) is 0 Å². The lowest BCUT2D eigenvalue weighted by Gasteiger charge is -2.19. The number of carbonyl (C=O) groups is 8. The average Bonchev–Trinajstić information content (AvgIpc) is 2.85. The first-order chi connectivity index (χ1) is 18.1. The minimum atomic E-state index is -1.09. The number of nitrogens with one attached hydrogen (secondary N) is 1. The Morgan fingerprint density at radius 1 is 0.718 bits per heavy atom. The van der Waals surface area contributed by atoms with E-state index in [0.717, 1.165) is 24.2 Å². The molecule has 0 aromatic heterocycles. The van der Waals surface area contributed by atoms with Crippen LogP contribution in [0.2, 0.25) is 0 Å². The standard InChI is InChI=1S/C23H30N2O14/c1-23(2,3)39-21(32)10-24-15(26)12-35-18(29)8-9-20(31)37-14-38-22(33)11-25(4)16(27)13-36-19(30)7-6-17(28)34-5/h6-9H,10-14H2,1-5H3,(H,24,26)/b7-6+,9-8+. The topological polar surface area (TPSA) is 207 Å². The van der Waals surface area contributed by atoms with Gasteiger partial charge in [-0.15, -0.1) is 0 Å². The molecule has 16 nitrogen and oxygen atoms in total. The van der Waals surface area contributed by atoms with Crippen molar-refractivity contribution >= 4 is 47.6 Å². The highest BCUT2D eigenvalue weighted by Crippen LogP contribution is 2.06. The smallest absolute Gasteiger partial charge is 0.333 e. The summed E-state index contributed by atoms with van der Waals surface area (Å²) in [6.45, 7) is 1.64. The molecule has 0 aliphatic rings. The van der Waals surface area contributed by atoms with Gasteiger partial charge in [0.1, 0.15) is 18.7 Å². The Bertz CT molecular complexity index is 993. The van der Waals surface area contributed by atoms with Crippen molar-refractivity contribution < 1.29 is 66.8 Å². The molecule has 39 heavy (non-hydrogen) atoms. The fourth-order valence-corrected chi connectivity index (χ4v) is 1.94. The van der Waals surface area contributed by atoms with Gasteiger partial charge in [-0.3, -0.25) is 19.2 Å². The maximum Gasteiger partial charge on any atom is 0.333 e. The van der Waals surface area contributed by atoms with Crippen molar-refractivity contribution in [2.24, 2.45) is 0 Å². The zero-order valence-corrected chi connectivity index (χ0v) is 22.0. The monoisotopic (exact) mass is 558 g/mol. The largest absolute Gasteiger partial charge is 0.466 e. The van der Waals surface area contributed by atoms with Crippen molar-refractivity contribution in [1.29, 1.82) is 0 Å². The van der Waals surface area contributed by atoms with Crippen molar-refractivity contribution in [1.82, 2.24) is 10.2 Å². The van der Waals surface area contributed by atoms with Gasteiger partial charge in [-0.1, -0.05) is 0 Å². The van der Waals surface area contributed by atoms with Crippen LogP contribution in [0.4, 0.5) is 0 Å². The number of nitrogens with zero attached hydrogens (tertiary/aromatic N) is 1. The molecule has 0 bridgehead atoms. The molecule has 0 fully saturated rings. The third-order valence-corrected chi connectivity index (χ3v) is 3.66. The van der Waals surface area contributed by atoms with Gasteiger partial charge in [-0.2, -0.15) is 0 Å². The van der Waals surface area contributed by atoms with Crippen molar-refractivity contribution in [3.05, 3.63) is 24.3 Å². The first-order valence-electron chi connectivity index (χ1n) is 11.0. The Labute approximate surface area is 223 Å². The molecule has 0 atom stereocenters. The number of amides is 2. The summed E-state index contributed by atoms with van der Waals surface area (Å²) in [7, 11) is 2.31. The fourth-order valence-electron chi connectivity index (χ4n) is 1.94. The van der Waals surface area contributed by atoms with Gasteiger partial charge >= 0.3 is 35.8 Å². The molecule has 0 aliphatic carbocycles. The van der Waals surface area contributed by atoms with Crippen LogP contribution in [0, 0.1) is 0 Å². The summed E-state index contributed by atoms with van der Waals surface area (Å²) in [6, 6.07) is 0. The lowest BCUT2D eigenvalue weighted by molar-refractivity contribution is -0.166. The summed E-state index contributed by atoms with van der Waals surface area (Å²) in [6.07, 6.45) is 2.84. The molecule has 16 heteroatoms. The minimum Gasteiger partial charge on any atom is -0.466 e. The lowest BCUT2D eigenvalue weighted by atomic mass is 10.2.